The second-order valence-corrected chi connectivity index (χ2v) is 11.1. The van der Waals surface area contributed by atoms with E-state index in [9.17, 15) is 45.0 Å². The molecule has 0 aliphatic heterocycles. The summed E-state index contributed by atoms with van der Waals surface area (Å²) in [6.45, 7) is 1.02. The van der Waals surface area contributed by atoms with Gasteiger partial charge in [-0.1, -0.05) is 0 Å². The number of carbonyl (C=O) groups excluding carboxylic acids is 3. The second-order valence-electron chi connectivity index (χ2n) is 7.89. The first-order valence-corrected chi connectivity index (χ1v) is 13.9. The van der Waals surface area contributed by atoms with E-state index in [0.29, 0.717) is 10.7 Å². The van der Waals surface area contributed by atoms with Crippen molar-refractivity contribution >= 4 is 103 Å². The van der Waals surface area contributed by atoms with Crippen LogP contribution in [0.2, 0.25) is 0 Å². The van der Waals surface area contributed by atoms with Crippen molar-refractivity contribution in [2.75, 3.05) is 54.2 Å². The third-order valence-corrected chi connectivity index (χ3v) is 8.08. The van der Waals surface area contributed by atoms with Crippen LogP contribution in [0.4, 0.5) is 17.1 Å². The lowest BCUT2D eigenvalue weighted by molar-refractivity contribution is -0.117. The molecule has 0 bridgehead atoms. The van der Waals surface area contributed by atoms with Crippen molar-refractivity contribution in [1.82, 2.24) is 0 Å². The number of hydrogen-bond donors (Lipinski definition) is 6. The molecule has 0 aliphatic carbocycles. The van der Waals surface area contributed by atoms with Crippen LogP contribution < -0.4 is 14.7 Å². The molecule has 3 amide bonds. The summed E-state index contributed by atoms with van der Waals surface area (Å²) in [5.41, 5.74) is 0.697. The predicted octanol–water partition coefficient (Wildman–Crippen LogP) is -0.381. The highest BCUT2D eigenvalue weighted by atomic mass is 127. The van der Waals surface area contributed by atoms with E-state index in [1.807, 2.05) is 67.8 Å². The third kappa shape index (κ3) is 8.29. The Kier molecular flexibility index (Phi) is 14.2. The van der Waals surface area contributed by atoms with Gasteiger partial charge in [-0.05, 0) is 67.8 Å². The van der Waals surface area contributed by atoms with E-state index in [0.717, 1.165) is 0 Å². The summed E-state index contributed by atoms with van der Waals surface area (Å²) in [4.78, 5) is 41.7. The van der Waals surface area contributed by atoms with Gasteiger partial charge < -0.3 is 45.3 Å². The zero-order valence-corrected chi connectivity index (χ0v) is 26.3. The molecule has 3 atom stereocenters. The number of anilines is 3. The largest absolute Gasteiger partial charge is 0.394 e. The lowest BCUT2D eigenvalue weighted by Crippen LogP contribution is -2.43. The zero-order valence-electron chi connectivity index (χ0n) is 19.9. The monoisotopic (exact) mass is 849 g/mol. The molecule has 1 rings (SSSR count). The Hall–Kier alpha value is -0.420. The van der Waals surface area contributed by atoms with E-state index in [-0.39, 0.29) is 36.7 Å². The van der Waals surface area contributed by atoms with Crippen molar-refractivity contribution < 1.29 is 45.0 Å². The van der Waals surface area contributed by atoms with Gasteiger partial charge in [0.25, 0.3) is 0 Å². The molecule has 0 saturated carbocycles. The number of hydrogen-bond acceptors (Lipinski definition) is 9. The zero-order chi connectivity index (χ0) is 27.9. The van der Waals surface area contributed by atoms with E-state index in [1.54, 1.807) is 0 Å². The van der Waals surface area contributed by atoms with Gasteiger partial charge in [0, 0.05) is 20.8 Å². The molecule has 0 radical (unpaired) electrons. The molecular formula is C21H30I3N3O9. The Bertz CT molecular complexity index is 826. The summed E-state index contributed by atoms with van der Waals surface area (Å²) in [7, 11) is 0. The summed E-state index contributed by atoms with van der Waals surface area (Å²) in [5.74, 6) is -1.48. The Balaban J connectivity index is 4.16. The van der Waals surface area contributed by atoms with Gasteiger partial charge in [0.15, 0.2) is 0 Å². The predicted molar refractivity (Wildman–Crippen MR) is 158 cm³/mol. The van der Waals surface area contributed by atoms with Crippen LogP contribution in [-0.4, -0.2) is 106 Å². The molecular weight excluding hydrogens is 819 g/mol. The molecule has 36 heavy (non-hydrogen) atoms. The fourth-order valence-electron chi connectivity index (χ4n) is 3.27. The highest BCUT2D eigenvalue weighted by Gasteiger charge is 2.34. The molecule has 0 aromatic heterocycles. The fourth-order valence-corrected chi connectivity index (χ4v) is 8.19. The van der Waals surface area contributed by atoms with Gasteiger partial charge >= 0.3 is 0 Å². The van der Waals surface area contributed by atoms with Crippen LogP contribution in [0.1, 0.15) is 20.8 Å². The first kappa shape index (κ1) is 33.6. The minimum Gasteiger partial charge on any atom is -0.394 e. The minimum atomic E-state index is -1.29. The van der Waals surface area contributed by atoms with Crippen molar-refractivity contribution in [2.24, 2.45) is 0 Å². The smallest absolute Gasteiger partial charge is 0.224 e. The Morgan fingerprint density at radius 2 is 0.778 bits per heavy atom. The van der Waals surface area contributed by atoms with Crippen LogP contribution in [0.15, 0.2) is 0 Å². The molecule has 6 N–H and O–H groups in total. The summed E-state index contributed by atoms with van der Waals surface area (Å²) in [6.07, 6.45) is -3.86. The molecule has 1 aromatic carbocycles. The molecule has 0 fully saturated rings. The van der Waals surface area contributed by atoms with E-state index in [2.05, 4.69) is 0 Å². The molecule has 1 aromatic rings. The maximum atomic E-state index is 12.7. The van der Waals surface area contributed by atoms with Gasteiger partial charge in [0.1, 0.15) is 0 Å². The maximum absolute atomic E-state index is 12.7. The van der Waals surface area contributed by atoms with Crippen LogP contribution in [-0.2, 0) is 14.4 Å². The molecule has 0 aliphatic rings. The van der Waals surface area contributed by atoms with E-state index < -0.39 is 55.9 Å². The van der Waals surface area contributed by atoms with Crippen LogP contribution in [0.25, 0.3) is 0 Å². The van der Waals surface area contributed by atoms with Gasteiger partial charge in [0.05, 0.1) is 85.5 Å². The Morgan fingerprint density at radius 3 is 0.917 bits per heavy atom. The molecule has 0 spiro atoms. The molecule has 12 nitrogen and oxygen atoms in total. The number of benzene rings is 1. The first-order valence-electron chi connectivity index (χ1n) is 10.6. The van der Waals surface area contributed by atoms with E-state index in [1.165, 1.54) is 35.5 Å². The minimum absolute atomic E-state index is 0.232. The van der Waals surface area contributed by atoms with Gasteiger partial charge in [0.2, 0.25) is 17.7 Å². The van der Waals surface area contributed by atoms with E-state index in [4.69, 9.17) is 0 Å². The van der Waals surface area contributed by atoms with Gasteiger partial charge in [-0.25, -0.2) is 0 Å². The molecule has 0 saturated heterocycles. The lowest BCUT2D eigenvalue weighted by atomic mass is 10.1. The van der Waals surface area contributed by atoms with Crippen molar-refractivity contribution in [2.45, 2.75) is 39.1 Å². The number of amides is 3. The summed E-state index contributed by atoms with van der Waals surface area (Å²) in [6, 6.07) is 0. The van der Waals surface area contributed by atoms with Crippen molar-refractivity contribution in [3.63, 3.8) is 0 Å². The number of nitrogens with zero attached hydrogens (tertiary/aromatic N) is 3. The highest BCUT2D eigenvalue weighted by molar-refractivity contribution is 14.1. The molecule has 204 valence electrons. The Labute approximate surface area is 249 Å². The summed E-state index contributed by atoms with van der Waals surface area (Å²) in [5, 5.41) is 58.5. The Morgan fingerprint density at radius 1 is 0.583 bits per heavy atom. The van der Waals surface area contributed by atoms with Gasteiger partial charge in [-0.2, -0.15) is 0 Å². The normalized spacial score (nSPS) is 13.7. The number of carbonyl (C=O) groups is 3. The van der Waals surface area contributed by atoms with Crippen LogP contribution in [0.5, 0.6) is 0 Å². The summed E-state index contributed by atoms with van der Waals surface area (Å²) < 4.78 is 1.12. The lowest BCUT2D eigenvalue weighted by Gasteiger charge is -2.35. The van der Waals surface area contributed by atoms with Crippen molar-refractivity contribution in [1.29, 1.82) is 0 Å². The molecule has 15 heteroatoms. The number of rotatable bonds is 12. The molecule has 3 unspecified atom stereocenters. The average molecular weight is 849 g/mol. The maximum Gasteiger partial charge on any atom is 0.224 e. The van der Waals surface area contributed by atoms with Gasteiger partial charge in [-0.3, -0.25) is 14.4 Å². The van der Waals surface area contributed by atoms with Crippen molar-refractivity contribution in [3.05, 3.63) is 10.7 Å². The second kappa shape index (κ2) is 15.2. The third-order valence-electron chi connectivity index (χ3n) is 5.01. The quantitative estimate of drug-likeness (QED) is 0.153. The number of halogens is 3. The summed E-state index contributed by atoms with van der Waals surface area (Å²) >= 11 is 5.76. The van der Waals surface area contributed by atoms with Crippen LogP contribution in [0.3, 0.4) is 0 Å². The van der Waals surface area contributed by atoms with Gasteiger partial charge in [-0.15, -0.1) is 0 Å². The first-order chi connectivity index (χ1) is 16.7. The molecule has 0 heterocycles. The van der Waals surface area contributed by atoms with E-state index >= 15 is 0 Å². The SMILES string of the molecule is CC(=O)N(CC(O)CO)c1c(I)c(N(CC(O)CO)C(C)=O)c(I)c(N(CC(O)CO)C(C)=O)c1I. The van der Waals surface area contributed by atoms with Crippen LogP contribution >= 0.6 is 67.8 Å². The average Bonchev–Trinajstić information content (AvgIpc) is 2.80. The standard InChI is InChI=1S/C21H30I3N3O9/c1-10(31)25(4-13(34)7-28)19-16(22)20(26(11(2)32)5-14(35)8-29)18(24)21(17(19)23)27(12(3)33)6-15(36)9-30/h13-15,28-30,34-36H,4-9H2,1-3H3. The highest BCUT2D eigenvalue weighted by Crippen LogP contribution is 2.46. The fraction of sp³-hybridized carbons (Fsp3) is 0.571. The number of aliphatic hydroxyl groups excluding tert-OH is 6. The van der Waals surface area contributed by atoms with Crippen molar-refractivity contribution in [3.8, 4) is 0 Å². The topological polar surface area (TPSA) is 182 Å². The van der Waals surface area contributed by atoms with Crippen LogP contribution in [0, 0.1) is 10.7 Å². The number of aliphatic hydroxyl groups is 6.